The van der Waals surface area contributed by atoms with Crippen molar-refractivity contribution >= 4 is 56.9 Å². The highest BCUT2D eigenvalue weighted by atomic mass is 33.1. The number of pyridine rings is 1. The Morgan fingerprint density at radius 3 is 1.88 bits per heavy atom. The van der Waals surface area contributed by atoms with Gasteiger partial charge in [-0.2, -0.15) is 0 Å². The van der Waals surface area contributed by atoms with Crippen LogP contribution in [0.5, 0.6) is 0 Å². The second kappa shape index (κ2) is 20.2. The zero-order valence-corrected chi connectivity index (χ0v) is 26.3. The molecule has 0 saturated carbocycles. The minimum Gasteiger partial charge on any atom is -0.436 e. The topological polar surface area (TPSA) is 172 Å². The van der Waals surface area contributed by atoms with Gasteiger partial charge in [-0.3, -0.25) is 19.3 Å². The Labute approximate surface area is 256 Å². The first-order chi connectivity index (χ1) is 20.6. The van der Waals surface area contributed by atoms with Crippen molar-refractivity contribution in [2.45, 2.75) is 32.7 Å². The number of hydrogen-bond donors (Lipinski definition) is 0. The van der Waals surface area contributed by atoms with E-state index in [2.05, 4.69) is 35.0 Å². The fourth-order valence-electron chi connectivity index (χ4n) is 2.76. The molecule has 0 spiro atoms. The average molecular weight is 629 g/mol. The number of methoxy groups -OCH3 is 1. The van der Waals surface area contributed by atoms with E-state index in [-0.39, 0.29) is 11.8 Å². The molecule has 43 heavy (non-hydrogen) atoms. The number of fused-ring (bicyclic) bond motifs is 1. The molecular weight excluding hydrogens is 596 g/mol. The number of aryl methyl sites for hydroxylation is 3. The van der Waals surface area contributed by atoms with E-state index in [9.17, 15) is 14.4 Å². The van der Waals surface area contributed by atoms with Gasteiger partial charge in [-0.25, -0.2) is 24.7 Å². The highest BCUT2D eigenvalue weighted by molar-refractivity contribution is 8.76. The second-order valence-electron chi connectivity index (χ2n) is 7.70. The highest BCUT2D eigenvalue weighted by Crippen LogP contribution is 2.25. The summed E-state index contributed by atoms with van der Waals surface area (Å²) in [4.78, 5) is 63.3. The maximum absolute atomic E-state index is 10.8. The predicted octanol–water partition coefficient (Wildman–Crippen LogP) is 3.62. The van der Waals surface area contributed by atoms with Gasteiger partial charge in [0.05, 0.1) is 7.11 Å². The van der Waals surface area contributed by atoms with Crippen molar-refractivity contribution in [3.05, 3.63) is 78.3 Å². The summed E-state index contributed by atoms with van der Waals surface area (Å²) in [5.74, 6) is 1.89. The van der Waals surface area contributed by atoms with Gasteiger partial charge in [0.2, 0.25) is 0 Å². The molecule has 14 nitrogen and oxygen atoms in total. The molecule has 4 aromatic rings. The van der Waals surface area contributed by atoms with Gasteiger partial charge in [-0.15, -0.1) is 5.10 Å². The lowest BCUT2D eigenvalue weighted by Gasteiger charge is -2.01. The number of aromatic nitrogens is 7. The number of para-hydroxylation sites is 1. The van der Waals surface area contributed by atoms with Crippen LogP contribution in [0.25, 0.3) is 11.0 Å². The molecule has 0 N–H and O–H groups in total. The molecule has 0 bridgehead atoms. The fraction of sp³-hybridized carbons (Fsp3) is 0.259. The molecular formula is C27H32N8O6S2. The number of nitrogens with zero attached hydrogens (tertiary/aromatic N) is 8. The van der Waals surface area contributed by atoms with Gasteiger partial charge < -0.3 is 9.53 Å². The van der Waals surface area contributed by atoms with Crippen LogP contribution in [0.4, 0.5) is 4.79 Å². The molecule has 0 fully saturated rings. The van der Waals surface area contributed by atoms with Crippen LogP contribution in [-0.2, 0) is 19.1 Å². The molecule has 0 aliphatic carbocycles. The first-order valence-corrected chi connectivity index (χ1v) is 14.9. The first-order valence-electron chi connectivity index (χ1n) is 12.3. The molecule has 4 heterocycles. The largest absolute Gasteiger partial charge is 0.534 e. The summed E-state index contributed by atoms with van der Waals surface area (Å²) in [7, 11) is 6.06. The van der Waals surface area contributed by atoms with Crippen LogP contribution in [0, 0.1) is 20.8 Å². The van der Waals surface area contributed by atoms with E-state index in [0.717, 1.165) is 38.5 Å². The Hall–Kier alpha value is -4.70. The van der Waals surface area contributed by atoms with E-state index in [1.165, 1.54) is 33.2 Å². The van der Waals surface area contributed by atoms with Crippen LogP contribution in [0.15, 0.2) is 65.8 Å². The lowest BCUT2D eigenvalue weighted by atomic mass is 10.3. The molecule has 1 aliphatic heterocycles. The van der Waals surface area contributed by atoms with E-state index in [0.29, 0.717) is 11.0 Å². The lowest BCUT2D eigenvalue weighted by Crippen LogP contribution is -2.24. The molecule has 16 heteroatoms. The monoisotopic (exact) mass is 628 g/mol. The van der Waals surface area contributed by atoms with E-state index < -0.39 is 6.16 Å². The van der Waals surface area contributed by atoms with Crippen molar-refractivity contribution in [3.8, 4) is 0 Å². The van der Waals surface area contributed by atoms with Crippen LogP contribution >= 0.6 is 21.6 Å². The van der Waals surface area contributed by atoms with Crippen LogP contribution in [0.3, 0.4) is 0 Å². The standard InChI is InChI=1S/C8H7N3O3.C6H9N3.C6H7NS2.C5H5NO2.C2H4O/c1-13-8(12)14-11-7-5-3-2-4-6(7)9-10-11;1-4-7-5(2)9-6(3)8-4;1-8-9-6-4-2-3-5-7-6;1-6-4(7)2-3-5(6)8;1-2-3/h2-5H,1H3;1-3H3;2-5H,1H3;2-3H,1H3;2H,1H3. The number of amides is 2. The van der Waals surface area contributed by atoms with Gasteiger partial charge in [0.1, 0.15) is 39.8 Å². The highest BCUT2D eigenvalue weighted by Gasteiger charge is 2.17. The van der Waals surface area contributed by atoms with Crippen LogP contribution in [0.2, 0.25) is 0 Å². The molecule has 0 radical (unpaired) electrons. The van der Waals surface area contributed by atoms with Crippen LogP contribution in [0.1, 0.15) is 24.4 Å². The molecule has 228 valence electrons. The zero-order chi connectivity index (χ0) is 32.2. The average Bonchev–Trinajstić information content (AvgIpc) is 3.52. The smallest absolute Gasteiger partial charge is 0.436 e. The van der Waals surface area contributed by atoms with Crippen molar-refractivity contribution < 1.29 is 28.8 Å². The molecule has 0 atom stereocenters. The Kier molecular flexibility index (Phi) is 17.1. The van der Waals surface area contributed by atoms with Gasteiger partial charge in [-0.1, -0.05) is 33.8 Å². The Bertz CT molecular complexity index is 1430. The van der Waals surface area contributed by atoms with Crippen molar-refractivity contribution in [2.24, 2.45) is 0 Å². The van der Waals surface area contributed by atoms with E-state index in [1.807, 2.05) is 51.3 Å². The minimum absolute atomic E-state index is 0.241. The quantitative estimate of drug-likeness (QED) is 0.106. The van der Waals surface area contributed by atoms with Crippen molar-refractivity contribution in [2.75, 3.05) is 20.4 Å². The molecule has 0 saturated heterocycles. The molecule has 1 aromatic carbocycles. The minimum atomic E-state index is -0.833. The summed E-state index contributed by atoms with van der Waals surface area (Å²) in [6.07, 6.45) is 6.27. The molecule has 3 aromatic heterocycles. The number of likely N-dealkylation sites (N-methyl/N-ethyl adjacent to an activating group) is 1. The number of carbonyl (C=O) groups is 4. The maximum atomic E-state index is 10.8. The Balaban J connectivity index is 0.000000285. The van der Waals surface area contributed by atoms with E-state index in [1.54, 1.807) is 46.0 Å². The number of ether oxygens (including phenoxy) is 1. The summed E-state index contributed by atoms with van der Waals surface area (Å²) < 4.78 is 4.32. The van der Waals surface area contributed by atoms with Gasteiger partial charge in [-0.05, 0) is 74.2 Å². The number of benzene rings is 1. The summed E-state index contributed by atoms with van der Waals surface area (Å²) in [6.45, 7) is 7.03. The molecule has 2 amide bonds. The summed E-state index contributed by atoms with van der Waals surface area (Å²) in [5.41, 5.74) is 1.26. The number of rotatable bonds is 3. The molecule has 5 rings (SSSR count). The van der Waals surface area contributed by atoms with Crippen LogP contribution in [-0.4, -0.2) is 84.7 Å². The lowest BCUT2D eigenvalue weighted by molar-refractivity contribution is -0.135. The van der Waals surface area contributed by atoms with Crippen LogP contribution < -0.4 is 4.84 Å². The first kappa shape index (κ1) is 36.3. The predicted molar refractivity (Wildman–Crippen MR) is 163 cm³/mol. The van der Waals surface area contributed by atoms with Gasteiger partial charge in [0.25, 0.3) is 11.8 Å². The normalized spacial score (nSPS) is 11.0. The summed E-state index contributed by atoms with van der Waals surface area (Å²) in [6, 6.07) is 13.0. The van der Waals surface area contributed by atoms with Crippen molar-refractivity contribution in [1.29, 1.82) is 0 Å². The van der Waals surface area contributed by atoms with E-state index >= 15 is 0 Å². The SMILES string of the molecule is CC=O.CN1C(=O)C=CC1=O.COC(=O)On1nnc2ccccc21.CSSc1ccccn1.Cc1nc(C)nc(C)n1. The van der Waals surface area contributed by atoms with E-state index in [4.69, 9.17) is 9.63 Å². The molecule has 1 aliphatic rings. The second-order valence-corrected chi connectivity index (χ2v) is 10.1. The fourth-order valence-corrected chi connectivity index (χ4v) is 3.97. The summed E-state index contributed by atoms with van der Waals surface area (Å²) in [5, 5.41) is 8.49. The third-order valence-electron chi connectivity index (χ3n) is 4.46. The number of carbonyl (C=O) groups excluding carboxylic acids is 4. The van der Waals surface area contributed by atoms with Gasteiger partial charge >= 0.3 is 6.16 Å². The third-order valence-corrected chi connectivity index (χ3v) is 6.05. The maximum Gasteiger partial charge on any atom is 0.534 e. The third kappa shape index (κ3) is 14.2. The van der Waals surface area contributed by atoms with Crippen molar-refractivity contribution in [1.82, 2.24) is 40.0 Å². The number of imide groups is 1. The number of aldehydes is 1. The molecule has 0 unspecified atom stereocenters. The van der Waals surface area contributed by atoms with Gasteiger partial charge in [0, 0.05) is 25.4 Å². The Morgan fingerprint density at radius 1 is 0.907 bits per heavy atom. The zero-order valence-electron chi connectivity index (χ0n) is 24.7. The summed E-state index contributed by atoms with van der Waals surface area (Å²) >= 11 is 0. The van der Waals surface area contributed by atoms with Crippen molar-refractivity contribution in [3.63, 3.8) is 0 Å². The van der Waals surface area contributed by atoms with Gasteiger partial charge in [0.15, 0.2) is 0 Å². The number of hydrogen-bond acceptors (Lipinski definition) is 14. The Morgan fingerprint density at radius 2 is 1.44 bits per heavy atom.